The predicted molar refractivity (Wildman–Crippen MR) is 162 cm³/mol. The van der Waals surface area contributed by atoms with Crippen molar-refractivity contribution in [3.05, 3.63) is 119 Å². The van der Waals surface area contributed by atoms with Crippen LogP contribution in [0.15, 0.2) is 86.6 Å². The Bertz CT molecular complexity index is 1860. The topological polar surface area (TPSA) is 79.1 Å². The van der Waals surface area contributed by atoms with Crippen LogP contribution in [0.5, 0.6) is 11.5 Å². The zero-order valence-corrected chi connectivity index (χ0v) is 25.1. The van der Waals surface area contributed by atoms with E-state index < -0.39 is 12.0 Å². The molecular weight excluding hydrogens is 604 g/mol. The van der Waals surface area contributed by atoms with Crippen LogP contribution in [0, 0.1) is 0 Å². The number of fused-ring (bicyclic) bond motifs is 2. The van der Waals surface area contributed by atoms with Crippen LogP contribution >= 0.6 is 27.3 Å². The van der Waals surface area contributed by atoms with Crippen molar-refractivity contribution in [3.8, 4) is 11.5 Å². The van der Waals surface area contributed by atoms with Crippen molar-refractivity contribution in [1.82, 2.24) is 4.57 Å². The van der Waals surface area contributed by atoms with Crippen LogP contribution in [0.2, 0.25) is 0 Å². The third-order valence-corrected chi connectivity index (χ3v) is 8.74. The Labute approximate surface area is 249 Å². The van der Waals surface area contributed by atoms with Gasteiger partial charge in [-0.1, -0.05) is 95.7 Å². The predicted octanol–water partition coefficient (Wildman–Crippen LogP) is 5.55. The SMILES string of the molecule is CCOC(=O)C1=C(c2ccccc2)N=c2s/c(=C\c3cc4c(cc3Br)OCO4)c(=O)n2[C@H]1c1ccc(C(C)C)cc1. The second-order valence-electron chi connectivity index (χ2n) is 9.98. The molecule has 1 atom stereocenters. The molecule has 0 fully saturated rings. The van der Waals surface area contributed by atoms with Gasteiger partial charge in [-0.15, -0.1) is 0 Å². The minimum absolute atomic E-state index is 0.155. The maximum absolute atomic E-state index is 14.1. The van der Waals surface area contributed by atoms with Crippen molar-refractivity contribution in [2.24, 2.45) is 4.99 Å². The molecule has 3 heterocycles. The fourth-order valence-corrected chi connectivity index (χ4v) is 6.43. The molecule has 0 bridgehead atoms. The van der Waals surface area contributed by atoms with E-state index in [4.69, 9.17) is 19.2 Å². The van der Waals surface area contributed by atoms with Crippen molar-refractivity contribution in [3.63, 3.8) is 0 Å². The van der Waals surface area contributed by atoms with Crippen LogP contribution in [0.4, 0.5) is 0 Å². The lowest BCUT2D eigenvalue weighted by molar-refractivity contribution is -0.138. The summed E-state index contributed by atoms with van der Waals surface area (Å²) < 4.78 is 19.4. The average molecular weight is 632 g/mol. The second kappa shape index (κ2) is 11.1. The van der Waals surface area contributed by atoms with Crippen LogP contribution in [0.25, 0.3) is 11.8 Å². The Kier molecular flexibility index (Phi) is 7.40. The molecule has 0 aliphatic carbocycles. The smallest absolute Gasteiger partial charge is 0.338 e. The van der Waals surface area contributed by atoms with Crippen molar-refractivity contribution in [1.29, 1.82) is 0 Å². The summed E-state index contributed by atoms with van der Waals surface area (Å²) >= 11 is 4.87. The highest BCUT2D eigenvalue weighted by Crippen LogP contribution is 2.38. The van der Waals surface area contributed by atoms with E-state index >= 15 is 0 Å². The van der Waals surface area contributed by atoms with Crippen molar-refractivity contribution in [2.45, 2.75) is 32.7 Å². The number of halogens is 1. The van der Waals surface area contributed by atoms with E-state index in [1.165, 1.54) is 16.9 Å². The maximum Gasteiger partial charge on any atom is 0.338 e. The fraction of sp³-hybridized carbons (Fsp3) is 0.219. The molecule has 0 spiro atoms. The molecule has 1 aromatic heterocycles. The molecule has 0 unspecified atom stereocenters. The van der Waals surface area contributed by atoms with Crippen LogP contribution in [0.3, 0.4) is 0 Å². The van der Waals surface area contributed by atoms with Crippen LogP contribution in [-0.4, -0.2) is 23.9 Å². The highest BCUT2D eigenvalue weighted by atomic mass is 79.9. The molecule has 0 saturated carbocycles. The molecule has 7 nitrogen and oxygen atoms in total. The minimum atomic E-state index is -0.718. The summed E-state index contributed by atoms with van der Waals surface area (Å²) in [6.07, 6.45) is 1.81. The first-order chi connectivity index (χ1) is 19.9. The van der Waals surface area contributed by atoms with Gasteiger partial charge in [0.2, 0.25) is 6.79 Å². The molecule has 2 aliphatic rings. The Balaban J connectivity index is 1.62. The van der Waals surface area contributed by atoms with E-state index in [9.17, 15) is 9.59 Å². The summed E-state index contributed by atoms with van der Waals surface area (Å²) in [4.78, 5) is 33.2. The summed E-state index contributed by atoms with van der Waals surface area (Å²) in [5.41, 5.74) is 4.10. The first-order valence-electron chi connectivity index (χ1n) is 13.3. The monoisotopic (exact) mass is 630 g/mol. The Morgan fingerprint density at radius 1 is 1.12 bits per heavy atom. The van der Waals surface area contributed by atoms with Gasteiger partial charge in [0.25, 0.3) is 5.56 Å². The number of aromatic nitrogens is 1. The molecule has 9 heteroatoms. The highest BCUT2D eigenvalue weighted by molar-refractivity contribution is 9.10. The Morgan fingerprint density at radius 2 is 1.83 bits per heavy atom. The van der Waals surface area contributed by atoms with Gasteiger partial charge in [-0.3, -0.25) is 9.36 Å². The first kappa shape index (κ1) is 27.2. The number of benzene rings is 3. The molecule has 208 valence electrons. The van der Waals surface area contributed by atoms with Gasteiger partial charge in [0.1, 0.15) is 0 Å². The van der Waals surface area contributed by atoms with E-state index in [0.29, 0.717) is 38.0 Å². The van der Waals surface area contributed by atoms with Gasteiger partial charge in [0.05, 0.1) is 28.5 Å². The quantitative estimate of drug-likeness (QED) is 0.261. The molecular formula is C32H27BrN2O5S. The van der Waals surface area contributed by atoms with Gasteiger partial charge >= 0.3 is 5.97 Å². The van der Waals surface area contributed by atoms with Crippen LogP contribution in [0.1, 0.15) is 55.0 Å². The van der Waals surface area contributed by atoms with E-state index in [1.54, 1.807) is 11.5 Å². The third kappa shape index (κ3) is 5.04. The summed E-state index contributed by atoms with van der Waals surface area (Å²) in [5.74, 6) is 1.10. The normalized spacial score (nSPS) is 16.1. The van der Waals surface area contributed by atoms with Gasteiger partial charge in [0, 0.05) is 10.0 Å². The van der Waals surface area contributed by atoms with Gasteiger partial charge in [-0.2, -0.15) is 0 Å². The Morgan fingerprint density at radius 3 is 2.51 bits per heavy atom. The average Bonchev–Trinajstić information content (AvgIpc) is 3.56. The number of carbonyl (C=O) groups is 1. The van der Waals surface area contributed by atoms with Gasteiger partial charge in [-0.25, -0.2) is 9.79 Å². The summed E-state index contributed by atoms with van der Waals surface area (Å²) in [7, 11) is 0. The zero-order valence-electron chi connectivity index (χ0n) is 22.7. The zero-order chi connectivity index (χ0) is 28.7. The molecule has 41 heavy (non-hydrogen) atoms. The van der Waals surface area contributed by atoms with Gasteiger partial charge in [0.15, 0.2) is 16.3 Å². The lowest BCUT2D eigenvalue weighted by Crippen LogP contribution is -2.40. The van der Waals surface area contributed by atoms with Crippen LogP contribution in [-0.2, 0) is 9.53 Å². The number of hydrogen-bond acceptors (Lipinski definition) is 7. The van der Waals surface area contributed by atoms with Crippen molar-refractivity contribution >= 4 is 45.0 Å². The lowest BCUT2D eigenvalue weighted by atomic mass is 9.91. The van der Waals surface area contributed by atoms with Crippen molar-refractivity contribution in [2.75, 3.05) is 13.4 Å². The molecule has 0 saturated heterocycles. The molecule has 0 N–H and O–H groups in total. The maximum atomic E-state index is 14.1. The van der Waals surface area contributed by atoms with E-state index in [-0.39, 0.29) is 19.0 Å². The summed E-state index contributed by atoms with van der Waals surface area (Å²) in [6.45, 7) is 6.38. The highest BCUT2D eigenvalue weighted by Gasteiger charge is 2.35. The summed E-state index contributed by atoms with van der Waals surface area (Å²) in [5, 5.41) is 0. The molecule has 0 radical (unpaired) electrons. The second-order valence-corrected chi connectivity index (χ2v) is 11.8. The number of nitrogens with zero attached hydrogens (tertiary/aromatic N) is 2. The number of thiazole rings is 1. The van der Waals surface area contributed by atoms with E-state index in [1.807, 2.05) is 72.8 Å². The van der Waals surface area contributed by atoms with E-state index in [0.717, 1.165) is 21.2 Å². The third-order valence-electron chi connectivity index (χ3n) is 7.07. The van der Waals surface area contributed by atoms with E-state index in [2.05, 4.69) is 29.8 Å². The molecule has 6 rings (SSSR count). The molecule has 3 aromatic carbocycles. The number of ether oxygens (including phenoxy) is 3. The standard InChI is InChI=1S/C32H27BrN2O5S/c1-4-38-31(37)27-28(20-8-6-5-7-9-20)34-32-35(29(27)21-12-10-19(11-13-21)18(2)3)30(36)26(41-32)15-22-14-24-25(16-23(22)33)40-17-39-24/h5-16,18,29H,4,17H2,1-3H3/b26-15-/t29-/m0/s1. The largest absolute Gasteiger partial charge is 0.463 e. The number of esters is 1. The lowest BCUT2D eigenvalue weighted by Gasteiger charge is -2.26. The molecule has 4 aromatic rings. The molecule has 2 aliphatic heterocycles. The fourth-order valence-electron chi connectivity index (χ4n) is 5.00. The summed E-state index contributed by atoms with van der Waals surface area (Å²) in [6, 6.07) is 20.6. The number of hydrogen-bond donors (Lipinski definition) is 0. The van der Waals surface area contributed by atoms with Gasteiger partial charge < -0.3 is 14.2 Å². The molecule has 0 amide bonds. The Hall–Kier alpha value is -3.95. The number of rotatable bonds is 6. The first-order valence-corrected chi connectivity index (χ1v) is 14.9. The van der Waals surface area contributed by atoms with Gasteiger partial charge in [-0.05, 0) is 47.7 Å². The number of carbonyl (C=O) groups excluding carboxylic acids is 1. The minimum Gasteiger partial charge on any atom is -0.463 e. The van der Waals surface area contributed by atoms with Crippen molar-refractivity contribution < 1.29 is 19.0 Å². The van der Waals surface area contributed by atoms with Crippen LogP contribution < -0.4 is 24.4 Å².